The van der Waals surface area contributed by atoms with Gasteiger partial charge in [-0.3, -0.25) is 10.3 Å². The standard InChI is InChI=1S/C26H29F2N5S/c1-18(30-31-26(29)34)21-14-23(28)24(15-22(21)27)33-13-12-32(16-19-8-4-2-5-9-19)25(17-33)20-10-6-3-7-11-20/h2-11,14-15,18,25,30H,12-13,16-17H2,1H3,(H3,29,31,34)/t18?,25-/m0/s1. The summed E-state index contributed by atoms with van der Waals surface area (Å²) in [5.41, 5.74) is 13.6. The molecule has 4 rings (SSSR count). The molecule has 0 aliphatic carbocycles. The number of anilines is 1. The van der Waals surface area contributed by atoms with Gasteiger partial charge in [0.2, 0.25) is 0 Å². The van der Waals surface area contributed by atoms with Crippen LogP contribution in [0.2, 0.25) is 0 Å². The zero-order valence-corrected chi connectivity index (χ0v) is 19.9. The summed E-state index contributed by atoms with van der Waals surface area (Å²) < 4.78 is 30.2. The molecule has 3 aromatic rings. The summed E-state index contributed by atoms with van der Waals surface area (Å²) in [7, 11) is 0. The van der Waals surface area contributed by atoms with Gasteiger partial charge >= 0.3 is 0 Å². The molecule has 8 heteroatoms. The van der Waals surface area contributed by atoms with E-state index in [4.69, 9.17) is 18.0 Å². The van der Waals surface area contributed by atoms with Gasteiger partial charge < -0.3 is 10.6 Å². The molecule has 1 aliphatic rings. The van der Waals surface area contributed by atoms with E-state index in [9.17, 15) is 0 Å². The van der Waals surface area contributed by atoms with Crippen LogP contribution in [0.25, 0.3) is 0 Å². The Morgan fingerprint density at radius 2 is 1.71 bits per heavy atom. The van der Waals surface area contributed by atoms with Crippen LogP contribution < -0.4 is 21.5 Å². The lowest BCUT2D eigenvalue weighted by molar-refractivity contribution is 0.168. The van der Waals surface area contributed by atoms with Gasteiger partial charge in [-0.25, -0.2) is 14.2 Å². The zero-order valence-electron chi connectivity index (χ0n) is 19.0. The Morgan fingerprint density at radius 1 is 1.03 bits per heavy atom. The Hall–Kier alpha value is -3.07. The molecule has 0 aromatic heterocycles. The van der Waals surface area contributed by atoms with Crippen molar-refractivity contribution in [3.8, 4) is 0 Å². The van der Waals surface area contributed by atoms with E-state index in [1.165, 1.54) is 17.7 Å². The summed E-state index contributed by atoms with van der Waals surface area (Å²) in [6.07, 6.45) is 0. The van der Waals surface area contributed by atoms with Crippen molar-refractivity contribution in [2.24, 2.45) is 5.73 Å². The number of nitrogens with zero attached hydrogens (tertiary/aromatic N) is 2. The fourth-order valence-electron chi connectivity index (χ4n) is 4.42. The molecule has 1 saturated heterocycles. The molecular weight excluding hydrogens is 452 g/mol. The van der Waals surface area contributed by atoms with Gasteiger partial charge in [-0.05, 0) is 36.3 Å². The lowest BCUT2D eigenvalue weighted by atomic mass is 10.00. The SMILES string of the molecule is CC(NNC(N)=S)c1cc(F)c(N2CCN(Cc3ccccc3)[C@H](c3ccccc3)C2)cc1F. The topological polar surface area (TPSA) is 56.6 Å². The van der Waals surface area contributed by atoms with E-state index in [0.717, 1.165) is 18.7 Å². The van der Waals surface area contributed by atoms with Gasteiger partial charge in [0.1, 0.15) is 11.6 Å². The van der Waals surface area contributed by atoms with Crippen molar-refractivity contribution in [3.05, 3.63) is 101 Å². The lowest BCUT2D eigenvalue weighted by Gasteiger charge is -2.43. The Labute approximate surface area is 204 Å². The second-order valence-electron chi connectivity index (χ2n) is 8.51. The first-order valence-corrected chi connectivity index (χ1v) is 11.7. The maximum absolute atomic E-state index is 15.2. The predicted molar refractivity (Wildman–Crippen MR) is 136 cm³/mol. The van der Waals surface area contributed by atoms with Gasteiger partial charge in [0.15, 0.2) is 5.11 Å². The third kappa shape index (κ3) is 5.70. The molecule has 0 spiro atoms. The number of halogens is 2. The minimum Gasteiger partial charge on any atom is -0.375 e. The molecule has 0 bridgehead atoms. The van der Waals surface area contributed by atoms with Crippen LogP contribution in [-0.2, 0) is 6.54 Å². The Morgan fingerprint density at radius 3 is 2.38 bits per heavy atom. The average molecular weight is 482 g/mol. The van der Waals surface area contributed by atoms with E-state index in [0.29, 0.717) is 13.1 Å². The van der Waals surface area contributed by atoms with E-state index in [2.05, 4.69) is 40.0 Å². The smallest absolute Gasteiger partial charge is 0.178 e. The predicted octanol–water partition coefficient (Wildman–Crippen LogP) is 4.43. The first kappa shape index (κ1) is 24.1. The molecule has 5 nitrogen and oxygen atoms in total. The van der Waals surface area contributed by atoms with E-state index in [1.54, 1.807) is 6.92 Å². The molecule has 1 heterocycles. The fourth-order valence-corrected chi connectivity index (χ4v) is 4.48. The highest BCUT2D eigenvalue weighted by Gasteiger charge is 2.30. The summed E-state index contributed by atoms with van der Waals surface area (Å²) in [4.78, 5) is 4.34. The molecule has 34 heavy (non-hydrogen) atoms. The number of benzene rings is 3. The molecule has 0 radical (unpaired) electrons. The molecule has 1 unspecified atom stereocenters. The molecule has 4 N–H and O–H groups in total. The van der Waals surface area contributed by atoms with Crippen molar-refractivity contribution < 1.29 is 8.78 Å². The molecule has 0 saturated carbocycles. The molecular formula is C26H29F2N5S. The first-order chi connectivity index (χ1) is 16.4. The Balaban J connectivity index is 1.57. The molecule has 2 atom stereocenters. The number of hydrogen-bond acceptors (Lipinski definition) is 4. The number of hydrogen-bond donors (Lipinski definition) is 3. The summed E-state index contributed by atoms with van der Waals surface area (Å²) in [5, 5.41) is 0.0321. The molecule has 1 fully saturated rings. The van der Waals surface area contributed by atoms with Crippen LogP contribution in [0.3, 0.4) is 0 Å². The van der Waals surface area contributed by atoms with Gasteiger partial charge in [0, 0.05) is 37.8 Å². The van der Waals surface area contributed by atoms with E-state index in [-0.39, 0.29) is 22.4 Å². The quantitative estimate of drug-likeness (QED) is 0.343. The average Bonchev–Trinajstić information content (AvgIpc) is 2.85. The van der Waals surface area contributed by atoms with Gasteiger partial charge in [-0.15, -0.1) is 0 Å². The van der Waals surface area contributed by atoms with Gasteiger partial charge in [0.05, 0.1) is 17.8 Å². The third-order valence-corrected chi connectivity index (χ3v) is 6.29. The van der Waals surface area contributed by atoms with Crippen LogP contribution in [-0.4, -0.2) is 29.6 Å². The molecule has 3 aromatic carbocycles. The van der Waals surface area contributed by atoms with Crippen molar-refractivity contribution >= 4 is 23.0 Å². The number of nitrogens with one attached hydrogen (secondary N) is 2. The minimum atomic E-state index is -0.523. The van der Waals surface area contributed by atoms with Crippen molar-refractivity contribution in [3.63, 3.8) is 0 Å². The molecule has 1 aliphatic heterocycles. The first-order valence-electron chi connectivity index (χ1n) is 11.3. The zero-order chi connectivity index (χ0) is 24.1. The van der Waals surface area contributed by atoms with Crippen molar-refractivity contribution in [1.29, 1.82) is 0 Å². The van der Waals surface area contributed by atoms with E-state index >= 15 is 8.78 Å². The van der Waals surface area contributed by atoms with Gasteiger partial charge in [0.25, 0.3) is 0 Å². The lowest BCUT2D eigenvalue weighted by Crippen LogP contribution is -2.48. The highest BCUT2D eigenvalue weighted by atomic mass is 32.1. The third-order valence-electron chi connectivity index (χ3n) is 6.19. The van der Waals surface area contributed by atoms with E-state index < -0.39 is 17.7 Å². The van der Waals surface area contributed by atoms with Crippen molar-refractivity contribution in [2.75, 3.05) is 24.5 Å². The Bertz CT molecular complexity index is 1110. The maximum atomic E-state index is 15.2. The number of thiocarbonyl (C=S) groups is 1. The summed E-state index contributed by atoms with van der Waals surface area (Å²) in [5.74, 6) is -0.937. The fraction of sp³-hybridized carbons (Fsp3) is 0.269. The Kier molecular flexibility index (Phi) is 7.72. The summed E-state index contributed by atoms with van der Waals surface area (Å²) in [6.45, 7) is 4.39. The maximum Gasteiger partial charge on any atom is 0.178 e. The highest BCUT2D eigenvalue weighted by Crippen LogP contribution is 2.33. The second-order valence-corrected chi connectivity index (χ2v) is 8.95. The largest absolute Gasteiger partial charge is 0.375 e. The van der Waals surface area contributed by atoms with Crippen LogP contribution in [0.5, 0.6) is 0 Å². The molecule has 0 amide bonds. The van der Waals surface area contributed by atoms with Crippen LogP contribution in [0.1, 0.15) is 35.7 Å². The van der Waals surface area contributed by atoms with Crippen LogP contribution >= 0.6 is 12.2 Å². The number of hydrazine groups is 1. The van der Waals surface area contributed by atoms with Crippen molar-refractivity contribution in [2.45, 2.75) is 25.6 Å². The summed E-state index contributed by atoms with van der Waals surface area (Å²) in [6, 6.07) is 22.6. The normalized spacial score (nSPS) is 17.4. The van der Waals surface area contributed by atoms with Gasteiger partial charge in [-0.1, -0.05) is 60.7 Å². The number of nitrogens with two attached hydrogens (primary N) is 1. The van der Waals surface area contributed by atoms with Crippen molar-refractivity contribution in [1.82, 2.24) is 15.8 Å². The van der Waals surface area contributed by atoms with Crippen LogP contribution in [0, 0.1) is 11.6 Å². The van der Waals surface area contributed by atoms with E-state index in [1.807, 2.05) is 41.3 Å². The van der Waals surface area contributed by atoms with Gasteiger partial charge in [-0.2, -0.15) is 0 Å². The highest BCUT2D eigenvalue weighted by molar-refractivity contribution is 7.80. The van der Waals surface area contributed by atoms with Crippen LogP contribution in [0.15, 0.2) is 72.8 Å². The minimum absolute atomic E-state index is 0.0321. The van der Waals surface area contributed by atoms with Crippen LogP contribution in [0.4, 0.5) is 14.5 Å². The molecule has 178 valence electrons. The second kappa shape index (κ2) is 10.9. The summed E-state index contributed by atoms with van der Waals surface area (Å²) >= 11 is 4.76. The monoisotopic (exact) mass is 481 g/mol. The number of rotatable bonds is 7. The number of piperazine rings is 1.